The molecule has 4 nitrogen and oxygen atoms in total. The summed E-state index contributed by atoms with van der Waals surface area (Å²) in [7, 11) is 3.46. The highest BCUT2D eigenvalue weighted by atomic mass is 16.5. The summed E-state index contributed by atoms with van der Waals surface area (Å²) < 4.78 is 5.24. The molecule has 1 unspecified atom stereocenters. The van der Waals surface area contributed by atoms with Crippen LogP contribution in [-0.2, 0) is 6.54 Å². The van der Waals surface area contributed by atoms with E-state index >= 15 is 0 Å². The Morgan fingerprint density at radius 1 is 1.09 bits per heavy atom. The van der Waals surface area contributed by atoms with Crippen LogP contribution in [0.1, 0.15) is 24.0 Å². The molecule has 0 aliphatic heterocycles. The maximum Gasteiger partial charge on any atom is 0.191 e. The van der Waals surface area contributed by atoms with Gasteiger partial charge in [-0.2, -0.15) is 0 Å². The van der Waals surface area contributed by atoms with E-state index in [1.54, 1.807) is 14.2 Å². The molecule has 0 saturated carbocycles. The lowest BCUT2D eigenvalue weighted by molar-refractivity contribution is 0.414. The number of nitrogens with zero attached hydrogens (tertiary/aromatic N) is 1. The van der Waals surface area contributed by atoms with E-state index in [0.717, 1.165) is 23.8 Å². The van der Waals surface area contributed by atoms with Crippen LogP contribution in [0.25, 0.3) is 0 Å². The zero-order chi connectivity index (χ0) is 16.5. The maximum atomic E-state index is 5.24. The molecule has 0 heterocycles. The standard InChI is InChI=1S/C19H25N3O/c1-15(17-9-5-4-6-10-17)13-21-19(20-2)22-14-16-8-7-11-18(12-16)23-3/h4-12,15H,13-14H2,1-3H3,(H2,20,21,22). The highest BCUT2D eigenvalue weighted by Crippen LogP contribution is 2.13. The fourth-order valence-electron chi connectivity index (χ4n) is 2.34. The summed E-state index contributed by atoms with van der Waals surface area (Å²) in [6.07, 6.45) is 0. The Labute approximate surface area is 138 Å². The summed E-state index contributed by atoms with van der Waals surface area (Å²) >= 11 is 0. The van der Waals surface area contributed by atoms with E-state index < -0.39 is 0 Å². The Morgan fingerprint density at radius 3 is 2.57 bits per heavy atom. The third-order valence-electron chi connectivity index (χ3n) is 3.76. The van der Waals surface area contributed by atoms with Gasteiger partial charge in [0.25, 0.3) is 0 Å². The molecule has 0 radical (unpaired) electrons. The second-order valence-electron chi connectivity index (χ2n) is 5.47. The Hall–Kier alpha value is -2.49. The van der Waals surface area contributed by atoms with Crippen LogP contribution in [0.5, 0.6) is 5.75 Å². The van der Waals surface area contributed by atoms with Gasteiger partial charge in [0.05, 0.1) is 7.11 Å². The molecule has 2 aromatic rings. The molecule has 0 aliphatic rings. The van der Waals surface area contributed by atoms with Gasteiger partial charge in [0.15, 0.2) is 5.96 Å². The second kappa shape index (κ2) is 8.83. The fraction of sp³-hybridized carbons (Fsp3) is 0.316. The Balaban J connectivity index is 1.83. The van der Waals surface area contributed by atoms with Crippen LogP contribution in [0.3, 0.4) is 0 Å². The van der Waals surface area contributed by atoms with Crippen LogP contribution in [-0.4, -0.2) is 26.7 Å². The largest absolute Gasteiger partial charge is 0.497 e. The van der Waals surface area contributed by atoms with Gasteiger partial charge in [-0.3, -0.25) is 4.99 Å². The van der Waals surface area contributed by atoms with Crippen molar-refractivity contribution < 1.29 is 4.74 Å². The smallest absolute Gasteiger partial charge is 0.191 e. The molecule has 2 rings (SSSR count). The molecule has 2 aromatic carbocycles. The van der Waals surface area contributed by atoms with Gasteiger partial charge < -0.3 is 15.4 Å². The number of ether oxygens (including phenoxy) is 1. The molecule has 122 valence electrons. The van der Waals surface area contributed by atoms with Crippen LogP contribution in [0.2, 0.25) is 0 Å². The minimum atomic E-state index is 0.423. The highest BCUT2D eigenvalue weighted by Gasteiger charge is 2.06. The monoisotopic (exact) mass is 311 g/mol. The first-order valence-electron chi connectivity index (χ1n) is 7.85. The summed E-state index contributed by atoms with van der Waals surface area (Å²) in [6, 6.07) is 18.5. The summed E-state index contributed by atoms with van der Waals surface area (Å²) in [4.78, 5) is 4.27. The van der Waals surface area contributed by atoms with Crippen molar-refractivity contribution in [2.75, 3.05) is 20.7 Å². The minimum absolute atomic E-state index is 0.423. The van der Waals surface area contributed by atoms with Crippen LogP contribution < -0.4 is 15.4 Å². The lowest BCUT2D eigenvalue weighted by atomic mass is 10.0. The number of benzene rings is 2. The number of methoxy groups -OCH3 is 1. The van der Waals surface area contributed by atoms with Crippen molar-refractivity contribution in [3.8, 4) is 5.75 Å². The molecular formula is C19H25N3O. The Kier molecular flexibility index (Phi) is 6.48. The SMILES string of the molecule is CN=C(NCc1cccc(OC)c1)NCC(C)c1ccccc1. The van der Waals surface area contributed by atoms with Gasteiger partial charge in [-0.15, -0.1) is 0 Å². The van der Waals surface area contributed by atoms with Crippen molar-refractivity contribution in [3.05, 3.63) is 65.7 Å². The summed E-state index contributed by atoms with van der Waals surface area (Å²) in [6.45, 7) is 3.75. The fourth-order valence-corrected chi connectivity index (χ4v) is 2.34. The van der Waals surface area contributed by atoms with E-state index in [-0.39, 0.29) is 0 Å². The first-order valence-corrected chi connectivity index (χ1v) is 7.85. The molecule has 2 N–H and O–H groups in total. The van der Waals surface area contributed by atoms with Crippen molar-refractivity contribution in [1.29, 1.82) is 0 Å². The number of nitrogens with one attached hydrogen (secondary N) is 2. The van der Waals surface area contributed by atoms with Gasteiger partial charge in [-0.05, 0) is 29.2 Å². The molecule has 0 saturated heterocycles. The molecule has 0 fully saturated rings. The third-order valence-corrected chi connectivity index (χ3v) is 3.76. The molecule has 0 bridgehead atoms. The number of hydrogen-bond donors (Lipinski definition) is 2. The van der Waals surface area contributed by atoms with Gasteiger partial charge in [0.2, 0.25) is 0 Å². The first-order chi connectivity index (χ1) is 11.2. The normalized spacial score (nSPS) is 12.6. The molecule has 0 spiro atoms. The first kappa shape index (κ1) is 16.9. The zero-order valence-electron chi connectivity index (χ0n) is 14.0. The highest BCUT2D eigenvalue weighted by molar-refractivity contribution is 5.79. The third kappa shape index (κ3) is 5.33. The van der Waals surface area contributed by atoms with E-state index in [4.69, 9.17) is 4.74 Å². The summed E-state index contributed by atoms with van der Waals surface area (Å²) in [5, 5.41) is 6.70. The lowest BCUT2D eigenvalue weighted by Crippen LogP contribution is -2.38. The quantitative estimate of drug-likeness (QED) is 0.636. The summed E-state index contributed by atoms with van der Waals surface area (Å²) in [5.41, 5.74) is 2.48. The lowest BCUT2D eigenvalue weighted by Gasteiger charge is -2.16. The van der Waals surface area contributed by atoms with Gasteiger partial charge in [-0.25, -0.2) is 0 Å². The van der Waals surface area contributed by atoms with E-state index in [0.29, 0.717) is 12.5 Å². The number of guanidine groups is 1. The van der Waals surface area contributed by atoms with Gasteiger partial charge in [0, 0.05) is 20.1 Å². The van der Waals surface area contributed by atoms with Crippen molar-refractivity contribution >= 4 is 5.96 Å². The van der Waals surface area contributed by atoms with Crippen molar-refractivity contribution in [2.24, 2.45) is 4.99 Å². The predicted octanol–water partition coefficient (Wildman–Crippen LogP) is 3.16. The van der Waals surface area contributed by atoms with Gasteiger partial charge in [-0.1, -0.05) is 49.4 Å². The minimum Gasteiger partial charge on any atom is -0.497 e. The van der Waals surface area contributed by atoms with Crippen LogP contribution in [0.4, 0.5) is 0 Å². The van der Waals surface area contributed by atoms with E-state index in [1.807, 2.05) is 24.3 Å². The van der Waals surface area contributed by atoms with Crippen molar-refractivity contribution in [3.63, 3.8) is 0 Å². The molecule has 23 heavy (non-hydrogen) atoms. The van der Waals surface area contributed by atoms with Crippen molar-refractivity contribution in [2.45, 2.75) is 19.4 Å². The topological polar surface area (TPSA) is 45.7 Å². The number of rotatable bonds is 6. The Morgan fingerprint density at radius 2 is 1.87 bits per heavy atom. The maximum absolute atomic E-state index is 5.24. The molecular weight excluding hydrogens is 286 g/mol. The Bertz CT molecular complexity index is 626. The van der Waals surface area contributed by atoms with Gasteiger partial charge in [0.1, 0.15) is 5.75 Å². The van der Waals surface area contributed by atoms with Crippen LogP contribution in [0, 0.1) is 0 Å². The van der Waals surface area contributed by atoms with Crippen LogP contribution >= 0.6 is 0 Å². The average molecular weight is 311 g/mol. The average Bonchev–Trinajstić information content (AvgIpc) is 2.62. The molecule has 1 atom stereocenters. The van der Waals surface area contributed by atoms with E-state index in [2.05, 4.69) is 52.9 Å². The van der Waals surface area contributed by atoms with E-state index in [9.17, 15) is 0 Å². The predicted molar refractivity (Wildman–Crippen MR) is 96.1 cm³/mol. The van der Waals surface area contributed by atoms with E-state index in [1.165, 1.54) is 5.56 Å². The molecule has 0 amide bonds. The van der Waals surface area contributed by atoms with Crippen molar-refractivity contribution in [1.82, 2.24) is 10.6 Å². The van der Waals surface area contributed by atoms with Gasteiger partial charge >= 0.3 is 0 Å². The molecule has 0 aromatic heterocycles. The summed E-state index contributed by atoms with van der Waals surface area (Å²) in [5.74, 6) is 2.09. The van der Waals surface area contributed by atoms with Crippen LogP contribution in [0.15, 0.2) is 59.6 Å². The molecule has 0 aliphatic carbocycles. The number of hydrogen-bond acceptors (Lipinski definition) is 2. The second-order valence-corrected chi connectivity index (χ2v) is 5.47. The zero-order valence-corrected chi connectivity index (χ0v) is 14.0. The molecule has 4 heteroatoms. The number of aliphatic imine (C=N–C) groups is 1.